The van der Waals surface area contributed by atoms with Crippen LogP contribution in [0.5, 0.6) is 0 Å². The fourth-order valence-electron chi connectivity index (χ4n) is 1.92. The quantitative estimate of drug-likeness (QED) is 0.811. The van der Waals surface area contributed by atoms with Crippen LogP contribution in [0.2, 0.25) is 0 Å². The highest BCUT2D eigenvalue weighted by Crippen LogP contribution is 2.37. The van der Waals surface area contributed by atoms with E-state index in [0.29, 0.717) is 11.6 Å². The van der Waals surface area contributed by atoms with E-state index in [1.54, 1.807) is 0 Å². The monoisotopic (exact) mass is 242 g/mol. The van der Waals surface area contributed by atoms with E-state index in [0.717, 1.165) is 16.5 Å². The van der Waals surface area contributed by atoms with Crippen LogP contribution in [0.4, 0.5) is 0 Å². The molecule has 1 N–H and O–H groups in total. The molecule has 1 aliphatic carbocycles. The van der Waals surface area contributed by atoms with Gasteiger partial charge in [0.05, 0.1) is 10.2 Å². The topological polar surface area (TPSA) is 45.8 Å². The first-order chi connectivity index (χ1) is 6.33. The molecule has 0 radical (unpaired) electrons. The highest BCUT2D eigenvalue weighted by molar-refractivity contribution is 9.10. The molecule has 3 nitrogen and oxygen atoms in total. The molecule has 1 aliphatic rings. The molecule has 1 aromatic rings. The van der Waals surface area contributed by atoms with E-state index in [4.69, 9.17) is 0 Å². The SMILES string of the molecule is O=Cc1n[nH]c(C2CCCC2)c1Br. The van der Waals surface area contributed by atoms with Crippen LogP contribution >= 0.6 is 15.9 Å². The molecule has 0 unspecified atom stereocenters. The van der Waals surface area contributed by atoms with Crippen molar-refractivity contribution in [1.29, 1.82) is 0 Å². The predicted molar refractivity (Wildman–Crippen MR) is 52.9 cm³/mol. The molecule has 1 saturated carbocycles. The van der Waals surface area contributed by atoms with Crippen molar-refractivity contribution in [3.05, 3.63) is 15.9 Å². The third-order valence-corrected chi connectivity index (χ3v) is 3.47. The van der Waals surface area contributed by atoms with Gasteiger partial charge in [-0.2, -0.15) is 5.10 Å². The summed E-state index contributed by atoms with van der Waals surface area (Å²) in [4.78, 5) is 10.5. The zero-order valence-corrected chi connectivity index (χ0v) is 8.80. The number of hydrogen-bond acceptors (Lipinski definition) is 2. The Morgan fingerprint density at radius 3 is 2.69 bits per heavy atom. The summed E-state index contributed by atoms with van der Waals surface area (Å²) in [6.07, 6.45) is 5.76. The molecule has 0 saturated heterocycles. The predicted octanol–water partition coefficient (Wildman–Crippen LogP) is 2.64. The molecule has 0 atom stereocenters. The highest BCUT2D eigenvalue weighted by Gasteiger charge is 2.22. The van der Waals surface area contributed by atoms with Gasteiger partial charge in [-0.15, -0.1) is 0 Å². The van der Waals surface area contributed by atoms with Crippen molar-refractivity contribution in [2.24, 2.45) is 0 Å². The summed E-state index contributed by atoms with van der Waals surface area (Å²) in [6, 6.07) is 0. The van der Waals surface area contributed by atoms with Crippen LogP contribution in [0.3, 0.4) is 0 Å². The van der Waals surface area contributed by atoms with Gasteiger partial charge in [0.15, 0.2) is 6.29 Å². The number of hydrogen-bond donors (Lipinski definition) is 1. The number of aldehydes is 1. The van der Waals surface area contributed by atoms with Crippen molar-refractivity contribution >= 4 is 22.2 Å². The maximum absolute atomic E-state index is 10.5. The van der Waals surface area contributed by atoms with E-state index in [1.165, 1.54) is 25.7 Å². The first-order valence-corrected chi connectivity index (χ1v) is 5.31. The average molecular weight is 243 g/mol. The van der Waals surface area contributed by atoms with Crippen molar-refractivity contribution in [2.45, 2.75) is 31.6 Å². The normalized spacial score (nSPS) is 17.9. The lowest BCUT2D eigenvalue weighted by molar-refractivity contribution is 0.111. The van der Waals surface area contributed by atoms with Gasteiger partial charge < -0.3 is 0 Å². The maximum atomic E-state index is 10.5. The third kappa shape index (κ3) is 1.55. The van der Waals surface area contributed by atoms with Gasteiger partial charge in [-0.05, 0) is 28.8 Å². The zero-order valence-electron chi connectivity index (χ0n) is 7.22. The van der Waals surface area contributed by atoms with Crippen LogP contribution in [0.1, 0.15) is 47.8 Å². The zero-order chi connectivity index (χ0) is 9.26. The van der Waals surface area contributed by atoms with Crippen molar-refractivity contribution < 1.29 is 4.79 Å². The second-order valence-electron chi connectivity index (χ2n) is 3.44. The van der Waals surface area contributed by atoms with Gasteiger partial charge in [0.2, 0.25) is 0 Å². The molecule has 0 aromatic carbocycles. The van der Waals surface area contributed by atoms with Crippen molar-refractivity contribution in [1.82, 2.24) is 10.2 Å². The van der Waals surface area contributed by atoms with Crippen LogP contribution in [-0.2, 0) is 0 Å². The number of carbonyl (C=O) groups excluding carboxylic acids is 1. The van der Waals surface area contributed by atoms with Crippen molar-refractivity contribution in [3.8, 4) is 0 Å². The highest BCUT2D eigenvalue weighted by atomic mass is 79.9. The molecule has 0 spiro atoms. The Labute approximate surface area is 85.0 Å². The van der Waals surface area contributed by atoms with Gasteiger partial charge in [0.25, 0.3) is 0 Å². The van der Waals surface area contributed by atoms with Gasteiger partial charge in [-0.3, -0.25) is 9.89 Å². The summed E-state index contributed by atoms with van der Waals surface area (Å²) in [5.41, 5.74) is 1.58. The fourth-order valence-corrected chi connectivity index (χ4v) is 2.51. The van der Waals surface area contributed by atoms with E-state index in [-0.39, 0.29) is 0 Å². The molecule has 0 aliphatic heterocycles. The van der Waals surface area contributed by atoms with Crippen LogP contribution in [0.25, 0.3) is 0 Å². The Hall–Kier alpha value is -0.640. The standard InChI is InChI=1S/C9H11BrN2O/c10-8-7(5-13)11-12-9(8)6-3-1-2-4-6/h5-6H,1-4H2,(H,11,12). The maximum Gasteiger partial charge on any atom is 0.171 e. The molecule has 2 rings (SSSR count). The minimum absolute atomic E-state index is 0.488. The van der Waals surface area contributed by atoms with Crippen molar-refractivity contribution in [3.63, 3.8) is 0 Å². The average Bonchev–Trinajstić information content (AvgIpc) is 2.72. The van der Waals surface area contributed by atoms with Crippen LogP contribution in [-0.4, -0.2) is 16.5 Å². The fraction of sp³-hybridized carbons (Fsp3) is 0.556. The number of halogens is 1. The molecule has 4 heteroatoms. The van der Waals surface area contributed by atoms with E-state index >= 15 is 0 Å². The molecule has 70 valence electrons. The lowest BCUT2D eigenvalue weighted by atomic mass is 10.0. The summed E-state index contributed by atoms with van der Waals surface area (Å²) < 4.78 is 0.856. The largest absolute Gasteiger partial charge is 0.296 e. The minimum atomic E-state index is 0.488. The smallest absolute Gasteiger partial charge is 0.171 e. The van der Waals surface area contributed by atoms with Crippen LogP contribution in [0.15, 0.2) is 4.47 Å². The van der Waals surface area contributed by atoms with Gasteiger partial charge in [0.1, 0.15) is 5.69 Å². The summed E-state index contributed by atoms with van der Waals surface area (Å²) >= 11 is 3.40. The number of carbonyl (C=O) groups is 1. The molecule has 1 aromatic heterocycles. The molecule has 1 heterocycles. The Kier molecular flexibility index (Phi) is 2.49. The Balaban J connectivity index is 2.29. The number of nitrogens with zero attached hydrogens (tertiary/aromatic N) is 1. The van der Waals surface area contributed by atoms with Gasteiger partial charge in [0, 0.05) is 5.92 Å². The van der Waals surface area contributed by atoms with E-state index < -0.39 is 0 Å². The Morgan fingerprint density at radius 2 is 2.15 bits per heavy atom. The number of aromatic nitrogens is 2. The summed E-state index contributed by atoms with van der Waals surface area (Å²) in [5.74, 6) is 0.565. The summed E-state index contributed by atoms with van der Waals surface area (Å²) in [6.45, 7) is 0. The molecule has 0 amide bonds. The molecule has 1 fully saturated rings. The number of H-pyrrole nitrogens is 1. The molecular weight excluding hydrogens is 232 g/mol. The second kappa shape index (κ2) is 3.62. The number of nitrogens with one attached hydrogen (secondary N) is 1. The molecule has 13 heavy (non-hydrogen) atoms. The van der Waals surface area contributed by atoms with Crippen LogP contribution < -0.4 is 0 Å². The lowest BCUT2D eigenvalue weighted by Crippen LogP contribution is -1.93. The third-order valence-electron chi connectivity index (χ3n) is 2.63. The Morgan fingerprint density at radius 1 is 1.46 bits per heavy atom. The molecule has 0 bridgehead atoms. The van der Waals surface area contributed by atoms with Crippen LogP contribution in [0, 0.1) is 0 Å². The van der Waals surface area contributed by atoms with Gasteiger partial charge >= 0.3 is 0 Å². The van der Waals surface area contributed by atoms with E-state index in [2.05, 4.69) is 26.1 Å². The first kappa shape index (κ1) is 8.94. The molecular formula is C9H11BrN2O. The van der Waals surface area contributed by atoms with E-state index in [1.807, 2.05) is 0 Å². The van der Waals surface area contributed by atoms with E-state index in [9.17, 15) is 4.79 Å². The minimum Gasteiger partial charge on any atom is -0.296 e. The first-order valence-electron chi connectivity index (χ1n) is 4.52. The summed E-state index contributed by atoms with van der Waals surface area (Å²) in [5, 5.41) is 6.88. The van der Waals surface area contributed by atoms with Gasteiger partial charge in [-0.1, -0.05) is 12.8 Å². The summed E-state index contributed by atoms with van der Waals surface area (Å²) in [7, 11) is 0. The number of aromatic amines is 1. The second-order valence-corrected chi connectivity index (χ2v) is 4.23. The van der Waals surface area contributed by atoms with Crippen molar-refractivity contribution in [2.75, 3.05) is 0 Å². The number of rotatable bonds is 2. The lowest BCUT2D eigenvalue weighted by Gasteiger charge is -2.05. The Bertz CT molecular complexity index is 315. The van der Waals surface area contributed by atoms with Gasteiger partial charge in [-0.25, -0.2) is 0 Å².